The number of hydrogen-bond acceptors (Lipinski definition) is 6. The number of nitrogens with zero attached hydrogens (tertiary/aromatic N) is 1. The van der Waals surface area contributed by atoms with Crippen molar-refractivity contribution in [2.75, 3.05) is 17.0 Å². The third-order valence-corrected chi connectivity index (χ3v) is 7.30. The van der Waals surface area contributed by atoms with Crippen LogP contribution in [0.1, 0.15) is 57.2 Å². The van der Waals surface area contributed by atoms with E-state index in [-0.39, 0.29) is 29.3 Å². The number of aryl methyl sites for hydroxylation is 2. The van der Waals surface area contributed by atoms with Gasteiger partial charge in [-0.2, -0.15) is 0 Å². The van der Waals surface area contributed by atoms with Gasteiger partial charge in [0.05, 0.1) is 16.9 Å². The number of anilines is 1. The first-order chi connectivity index (χ1) is 17.0. The molecule has 36 heavy (non-hydrogen) atoms. The van der Waals surface area contributed by atoms with Crippen LogP contribution in [0, 0.1) is 13.8 Å². The maximum atomic E-state index is 12.8. The number of phenols is 1. The van der Waals surface area contributed by atoms with Crippen molar-refractivity contribution < 1.29 is 27.9 Å². The number of rotatable bonds is 8. The van der Waals surface area contributed by atoms with E-state index in [1.807, 2.05) is 27.7 Å². The predicted molar refractivity (Wildman–Crippen MR) is 137 cm³/mol. The van der Waals surface area contributed by atoms with Gasteiger partial charge in [0.15, 0.2) is 0 Å². The second-order valence-corrected chi connectivity index (χ2v) is 11.0. The largest absolute Gasteiger partial charge is 0.508 e. The van der Waals surface area contributed by atoms with Gasteiger partial charge in [-0.1, -0.05) is 26.0 Å². The van der Waals surface area contributed by atoms with Crippen molar-refractivity contribution in [2.24, 2.45) is 0 Å². The lowest BCUT2D eigenvalue weighted by molar-refractivity contribution is 0.0664. The van der Waals surface area contributed by atoms with E-state index in [0.29, 0.717) is 28.3 Å². The van der Waals surface area contributed by atoms with Crippen molar-refractivity contribution in [2.45, 2.75) is 33.6 Å². The summed E-state index contributed by atoms with van der Waals surface area (Å²) in [6.45, 7) is 7.32. The van der Waals surface area contributed by atoms with E-state index in [4.69, 9.17) is 4.74 Å². The third-order valence-electron chi connectivity index (χ3n) is 6.04. The zero-order valence-corrected chi connectivity index (χ0v) is 21.3. The van der Waals surface area contributed by atoms with E-state index in [9.17, 15) is 23.1 Å². The van der Waals surface area contributed by atoms with Crippen LogP contribution in [-0.4, -0.2) is 42.5 Å². The molecule has 188 valence electrons. The minimum Gasteiger partial charge on any atom is -0.508 e. The fraction of sp³-hybridized carbons (Fsp3) is 0.259. The number of hydrogen-bond donors (Lipinski definition) is 2. The highest BCUT2D eigenvalue weighted by molar-refractivity contribution is 7.92. The van der Waals surface area contributed by atoms with Crippen LogP contribution in [0.5, 0.6) is 17.2 Å². The van der Waals surface area contributed by atoms with Crippen LogP contribution in [0.2, 0.25) is 0 Å². The Hall–Kier alpha value is -3.85. The lowest BCUT2D eigenvalue weighted by atomic mass is 10.0. The summed E-state index contributed by atoms with van der Waals surface area (Å²) in [7, 11) is -3.85. The first kappa shape index (κ1) is 25.2. The Morgan fingerprint density at radius 2 is 1.53 bits per heavy atom. The van der Waals surface area contributed by atoms with Gasteiger partial charge in [-0.05, 0) is 73.4 Å². The topological polar surface area (TPSA) is 113 Å². The Bertz CT molecular complexity index is 1400. The van der Waals surface area contributed by atoms with Crippen LogP contribution in [0.4, 0.5) is 5.69 Å². The molecule has 2 N–H and O–H groups in total. The van der Waals surface area contributed by atoms with Gasteiger partial charge in [0.1, 0.15) is 17.2 Å². The average molecular weight is 509 g/mol. The van der Waals surface area contributed by atoms with Crippen LogP contribution >= 0.6 is 0 Å². The molecule has 4 rings (SSSR count). The highest BCUT2D eigenvalue weighted by atomic mass is 32.2. The van der Waals surface area contributed by atoms with Crippen LogP contribution in [-0.2, 0) is 10.0 Å². The van der Waals surface area contributed by atoms with Crippen molar-refractivity contribution in [1.29, 1.82) is 0 Å². The number of ether oxygens (including phenoxy) is 1. The molecule has 0 unspecified atom stereocenters. The number of carbonyl (C=O) groups is 2. The second-order valence-electron chi connectivity index (χ2n) is 9.15. The zero-order chi connectivity index (χ0) is 26.2. The molecule has 0 saturated carbocycles. The molecule has 1 heterocycles. The molecular weight excluding hydrogens is 480 g/mol. The van der Waals surface area contributed by atoms with E-state index < -0.39 is 27.6 Å². The molecule has 0 radical (unpaired) electrons. The fourth-order valence-electron chi connectivity index (χ4n) is 4.23. The highest BCUT2D eigenvalue weighted by Gasteiger charge is 2.35. The number of sulfonamides is 1. The molecule has 8 nitrogen and oxygen atoms in total. The molecule has 0 aromatic heterocycles. The van der Waals surface area contributed by atoms with Gasteiger partial charge >= 0.3 is 0 Å². The normalized spacial score (nSPS) is 13.3. The zero-order valence-electron chi connectivity index (χ0n) is 20.5. The van der Waals surface area contributed by atoms with Crippen molar-refractivity contribution in [3.63, 3.8) is 0 Å². The number of aromatic hydroxyl groups is 1. The number of imide groups is 1. The summed E-state index contributed by atoms with van der Waals surface area (Å²) >= 11 is 0. The molecule has 0 saturated heterocycles. The molecule has 0 spiro atoms. The molecule has 9 heteroatoms. The molecule has 0 atom stereocenters. The number of nitrogens with one attached hydrogen (secondary N) is 1. The lowest BCUT2D eigenvalue weighted by Crippen LogP contribution is -2.35. The van der Waals surface area contributed by atoms with Crippen LogP contribution in [0.3, 0.4) is 0 Å². The predicted octanol–water partition coefficient (Wildman–Crippen LogP) is 4.96. The molecule has 0 aliphatic carbocycles. The van der Waals surface area contributed by atoms with Crippen LogP contribution in [0.25, 0.3) is 0 Å². The van der Waals surface area contributed by atoms with Crippen molar-refractivity contribution in [3.05, 3.63) is 82.4 Å². The first-order valence-electron chi connectivity index (χ1n) is 11.5. The van der Waals surface area contributed by atoms with Gasteiger partial charge in [-0.3, -0.25) is 19.2 Å². The van der Waals surface area contributed by atoms with Crippen molar-refractivity contribution in [3.8, 4) is 17.2 Å². The molecule has 3 aromatic carbocycles. The average Bonchev–Trinajstić information content (AvgIpc) is 3.05. The third kappa shape index (κ3) is 5.06. The standard InChI is InChI=1S/C27H28N2O6S/c1-16(2)23-15-20(9-10-24(23)30)35-25-17(3)13-19(14-18(25)4)28-36(33,34)12-11-29-26(31)21-7-5-6-8-22(21)27(29)32/h5-10,13-16,28,30H,11-12H2,1-4H3. The number of amides is 2. The highest BCUT2D eigenvalue weighted by Crippen LogP contribution is 2.35. The SMILES string of the molecule is Cc1cc(NS(=O)(=O)CCN2C(=O)c3ccccc3C2=O)cc(C)c1Oc1ccc(O)c(C(C)C)c1. The molecule has 3 aromatic rings. The Morgan fingerprint density at radius 1 is 0.944 bits per heavy atom. The van der Waals surface area contributed by atoms with Crippen molar-refractivity contribution in [1.82, 2.24) is 4.90 Å². The first-order valence-corrected chi connectivity index (χ1v) is 13.2. The van der Waals surface area contributed by atoms with Gasteiger partial charge in [-0.25, -0.2) is 8.42 Å². The van der Waals surface area contributed by atoms with Crippen molar-refractivity contribution >= 4 is 27.5 Å². The Morgan fingerprint density at radius 3 is 2.08 bits per heavy atom. The summed E-state index contributed by atoms with van der Waals surface area (Å²) in [5.74, 6) is 0.0638. The minimum atomic E-state index is -3.85. The summed E-state index contributed by atoms with van der Waals surface area (Å²) in [6.07, 6.45) is 0. The molecule has 1 aliphatic heterocycles. The molecule has 1 aliphatic rings. The summed E-state index contributed by atoms with van der Waals surface area (Å²) in [4.78, 5) is 26.0. The number of phenolic OH excluding ortho intramolecular Hbond substituents is 1. The molecule has 2 amide bonds. The molecular formula is C27H28N2O6S. The maximum absolute atomic E-state index is 12.8. The summed E-state index contributed by atoms with van der Waals surface area (Å²) in [5.41, 5.74) is 3.12. The minimum absolute atomic E-state index is 0.118. The van der Waals surface area contributed by atoms with E-state index >= 15 is 0 Å². The van der Waals surface area contributed by atoms with Gasteiger partial charge in [-0.15, -0.1) is 0 Å². The van der Waals surface area contributed by atoms with Gasteiger partial charge in [0, 0.05) is 17.8 Å². The van der Waals surface area contributed by atoms with Gasteiger partial charge < -0.3 is 9.84 Å². The quantitative estimate of drug-likeness (QED) is 0.416. The van der Waals surface area contributed by atoms with E-state index in [1.165, 1.54) is 0 Å². The maximum Gasteiger partial charge on any atom is 0.261 e. The number of benzene rings is 3. The summed E-state index contributed by atoms with van der Waals surface area (Å²) in [6, 6.07) is 14.8. The van der Waals surface area contributed by atoms with E-state index in [0.717, 1.165) is 10.5 Å². The summed E-state index contributed by atoms with van der Waals surface area (Å²) in [5, 5.41) is 10.1. The Balaban J connectivity index is 1.46. The van der Waals surface area contributed by atoms with E-state index in [2.05, 4.69) is 4.72 Å². The number of carbonyl (C=O) groups excluding carboxylic acids is 2. The summed E-state index contributed by atoms with van der Waals surface area (Å²) < 4.78 is 34.1. The lowest BCUT2D eigenvalue weighted by Gasteiger charge is -2.17. The van der Waals surface area contributed by atoms with E-state index in [1.54, 1.807) is 54.6 Å². The van der Waals surface area contributed by atoms with Crippen LogP contribution in [0.15, 0.2) is 54.6 Å². The van der Waals surface area contributed by atoms with Crippen LogP contribution < -0.4 is 9.46 Å². The Kier molecular flexibility index (Phi) is 6.77. The molecule has 0 fully saturated rings. The fourth-order valence-corrected chi connectivity index (χ4v) is 5.23. The smallest absolute Gasteiger partial charge is 0.261 e. The monoisotopic (exact) mass is 508 g/mol. The second kappa shape index (κ2) is 9.66. The number of fused-ring (bicyclic) bond motifs is 1. The van der Waals surface area contributed by atoms with Gasteiger partial charge in [0.2, 0.25) is 10.0 Å². The molecule has 0 bridgehead atoms. The Labute approximate surface area is 210 Å². The van der Waals surface area contributed by atoms with Gasteiger partial charge in [0.25, 0.3) is 11.8 Å².